The fourth-order valence-electron chi connectivity index (χ4n) is 1.25. The van der Waals surface area contributed by atoms with Crippen LogP contribution >= 0.6 is 11.6 Å². The normalized spacial score (nSPS) is 10.4. The average Bonchev–Trinajstić information content (AvgIpc) is 2.15. The number of aromatic carboxylic acids is 1. The van der Waals surface area contributed by atoms with Crippen LogP contribution in [0.3, 0.4) is 0 Å². The van der Waals surface area contributed by atoms with Crippen LogP contribution in [-0.2, 0) is 10.7 Å². The van der Waals surface area contributed by atoms with Gasteiger partial charge in [-0.05, 0) is 18.2 Å². The summed E-state index contributed by atoms with van der Waals surface area (Å²) < 4.78 is 21.1. The van der Waals surface area contributed by atoms with Crippen LogP contribution < -0.4 is 4.90 Å². The van der Waals surface area contributed by atoms with Crippen LogP contribution in [-0.4, -0.2) is 32.4 Å². The third kappa shape index (κ3) is 3.11. The second-order valence-corrected chi connectivity index (χ2v) is 4.52. The van der Waals surface area contributed by atoms with E-state index in [9.17, 15) is 13.2 Å². The molecule has 0 bridgehead atoms. The predicted molar refractivity (Wildman–Crippen MR) is 62.0 cm³/mol. The molecule has 0 aliphatic heterocycles. The van der Waals surface area contributed by atoms with E-state index < -0.39 is 16.7 Å². The molecule has 16 heavy (non-hydrogen) atoms. The van der Waals surface area contributed by atoms with E-state index >= 15 is 0 Å². The number of anilines is 1. The highest BCUT2D eigenvalue weighted by Crippen LogP contribution is 2.24. The zero-order chi connectivity index (χ0) is 12.3. The monoisotopic (exact) mass is 263 g/mol. The molecule has 1 aromatic rings. The summed E-state index contributed by atoms with van der Waals surface area (Å²) in [6.45, 7) is 0. The van der Waals surface area contributed by atoms with Gasteiger partial charge < -0.3 is 10.0 Å². The van der Waals surface area contributed by atoms with Gasteiger partial charge in [-0.25, -0.2) is 13.2 Å². The van der Waals surface area contributed by atoms with E-state index in [4.69, 9.17) is 16.7 Å². The Morgan fingerprint density at radius 1 is 1.50 bits per heavy atom. The number of thiol groups is 1. The lowest BCUT2D eigenvalue weighted by atomic mass is 10.1. The summed E-state index contributed by atoms with van der Waals surface area (Å²) >= 11 is 5.73. The second-order valence-electron chi connectivity index (χ2n) is 3.14. The first-order valence-corrected chi connectivity index (χ1v) is 6.01. The van der Waals surface area contributed by atoms with Gasteiger partial charge in [0, 0.05) is 12.1 Å². The lowest BCUT2D eigenvalue weighted by molar-refractivity contribution is 0.0697. The predicted octanol–water partition coefficient (Wildman–Crippen LogP) is 1.04. The number of hydrogen-bond acceptors (Lipinski definition) is 4. The lowest BCUT2D eigenvalue weighted by Crippen LogP contribution is -2.21. The van der Waals surface area contributed by atoms with Crippen LogP contribution in [0, 0.1) is 0 Å². The van der Waals surface area contributed by atoms with Gasteiger partial charge in [0.2, 0.25) is 0 Å². The average molecular weight is 264 g/mol. The van der Waals surface area contributed by atoms with E-state index in [1.54, 1.807) is 0 Å². The first kappa shape index (κ1) is 12.8. The van der Waals surface area contributed by atoms with Crippen LogP contribution in [0.2, 0.25) is 5.02 Å². The lowest BCUT2D eigenvalue weighted by Gasteiger charge is -2.18. The summed E-state index contributed by atoms with van der Waals surface area (Å²) in [6.07, 6.45) is 0. The van der Waals surface area contributed by atoms with E-state index in [-0.39, 0.29) is 17.1 Å². The molecular weight excluding hydrogens is 254 g/mol. The third-order valence-corrected chi connectivity index (χ3v) is 2.82. The highest BCUT2D eigenvalue weighted by Gasteiger charge is 2.14. The van der Waals surface area contributed by atoms with E-state index in [1.165, 1.54) is 30.1 Å². The van der Waals surface area contributed by atoms with Crippen molar-refractivity contribution in [2.75, 3.05) is 17.8 Å². The summed E-state index contributed by atoms with van der Waals surface area (Å²) in [5, 5.41) is 9.27. The molecule has 88 valence electrons. The van der Waals surface area contributed by atoms with Gasteiger partial charge in [-0.15, -0.1) is 0 Å². The summed E-state index contributed by atoms with van der Waals surface area (Å²) in [7, 11) is -1.13. The third-order valence-electron chi connectivity index (χ3n) is 1.93. The van der Waals surface area contributed by atoms with Crippen LogP contribution in [0.1, 0.15) is 10.4 Å². The molecule has 1 aromatic carbocycles. The van der Waals surface area contributed by atoms with Gasteiger partial charge in [0.15, 0.2) is 10.7 Å². The molecule has 0 saturated heterocycles. The minimum absolute atomic E-state index is 0.0174. The molecule has 0 heterocycles. The Hall–Kier alpha value is -1.27. The van der Waals surface area contributed by atoms with E-state index in [0.717, 1.165) is 0 Å². The number of hydrogen-bond donors (Lipinski definition) is 2. The Balaban J connectivity index is 3.18. The van der Waals surface area contributed by atoms with Crippen LogP contribution in [0.5, 0.6) is 0 Å². The van der Waals surface area contributed by atoms with Gasteiger partial charge in [-0.2, -0.15) is 0 Å². The van der Waals surface area contributed by atoms with Gasteiger partial charge >= 0.3 is 5.97 Å². The maximum absolute atomic E-state index is 10.9. The van der Waals surface area contributed by atoms with Gasteiger partial charge in [-0.1, -0.05) is 11.6 Å². The summed E-state index contributed by atoms with van der Waals surface area (Å²) in [5.74, 6) is -1.38. The highest BCUT2D eigenvalue weighted by atomic mass is 35.5. The fourth-order valence-corrected chi connectivity index (χ4v) is 1.92. The maximum atomic E-state index is 10.9. The molecule has 0 aliphatic rings. The fraction of sp³-hybridized carbons (Fsp3) is 0.222. The van der Waals surface area contributed by atoms with Crippen molar-refractivity contribution in [2.24, 2.45) is 0 Å². The molecule has 0 spiro atoms. The summed E-state index contributed by atoms with van der Waals surface area (Å²) in [4.78, 5) is 12.2. The molecule has 1 rings (SSSR count). The number of nitrogens with zero attached hydrogens (tertiary/aromatic N) is 1. The number of carbonyl (C=O) groups is 1. The van der Waals surface area contributed by atoms with Gasteiger partial charge in [0.1, 0.15) is 5.88 Å². The molecule has 1 N–H and O–H groups in total. The number of rotatable bonds is 4. The van der Waals surface area contributed by atoms with Gasteiger partial charge in [-0.3, -0.25) is 0 Å². The molecular formula is C9H10ClNO4S. The maximum Gasteiger partial charge on any atom is 0.337 e. The van der Waals surface area contributed by atoms with Crippen molar-refractivity contribution in [3.05, 3.63) is 28.8 Å². The molecule has 5 nitrogen and oxygen atoms in total. The van der Waals surface area contributed by atoms with Crippen molar-refractivity contribution in [3.8, 4) is 0 Å². The van der Waals surface area contributed by atoms with Crippen molar-refractivity contribution < 1.29 is 18.3 Å². The van der Waals surface area contributed by atoms with E-state index in [0.29, 0.717) is 5.02 Å². The number of halogens is 1. The van der Waals surface area contributed by atoms with E-state index in [2.05, 4.69) is 0 Å². The molecule has 0 radical (unpaired) electrons. The van der Waals surface area contributed by atoms with Crippen molar-refractivity contribution in [3.63, 3.8) is 0 Å². The SMILES string of the molecule is CN(C[SH](=O)=O)c1cc(Cl)ccc1C(=O)O. The minimum atomic E-state index is -2.61. The topological polar surface area (TPSA) is 74.7 Å². The Kier molecular flexibility index (Phi) is 4.14. The number of carboxylic acid groups (broad SMARTS) is 1. The summed E-state index contributed by atoms with van der Waals surface area (Å²) in [6, 6.07) is 4.21. The first-order valence-electron chi connectivity index (χ1n) is 4.27. The van der Waals surface area contributed by atoms with Gasteiger partial charge in [0.05, 0.1) is 11.3 Å². The minimum Gasteiger partial charge on any atom is -0.478 e. The molecule has 0 amide bonds. The molecule has 0 aromatic heterocycles. The molecule has 0 saturated carbocycles. The quantitative estimate of drug-likeness (QED) is 0.794. The Morgan fingerprint density at radius 3 is 2.62 bits per heavy atom. The first-order chi connectivity index (χ1) is 7.41. The highest BCUT2D eigenvalue weighted by molar-refractivity contribution is 7.72. The van der Waals surface area contributed by atoms with Crippen molar-refractivity contribution in [1.82, 2.24) is 0 Å². The number of carboxylic acids is 1. The standard InChI is InChI=1S/C9H10ClNO4S/c1-11(5-16(14)15)8-4-6(10)2-3-7(8)9(12)13/h2-4,16H,5H2,1H3,(H,12,13). The van der Waals surface area contributed by atoms with Crippen LogP contribution in [0.4, 0.5) is 5.69 Å². The molecule has 0 unspecified atom stereocenters. The zero-order valence-electron chi connectivity index (χ0n) is 8.38. The van der Waals surface area contributed by atoms with Gasteiger partial charge in [0.25, 0.3) is 0 Å². The Morgan fingerprint density at radius 2 is 2.12 bits per heavy atom. The second kappa shape index (κ2) is 5.18. The number of benzene rings is 1. The molecule has 0 atom stereocenters. The van der Waals surface area contributed by atoms with Crippen molar-refractivity contribution >= 4 is 34.0 Å². The van der Waals surface area contributed by atoms with Crippen molar-refractivity contribution in [2.45, 2.75) is 0 Å². The Bertz CT molecular complexity index is 478. The largest absolute Gasteiger partial charge is 0.478 e. The molecule has 0 fully saturated rings. The van der Waals surface area contributed by atoms with Crippen LogP contribution in [0.15, 0.2) is 18.2 Å². The summed E-state index contributed by atoms with van der Waals surface area (Å²) in [5.41, 5.74) is 0.294. The molecule has 0 aliphatic carbocycles. The van der Waals surface area contributed by atoms with E-state index in [1.807, 2.05) is 0 Å². The zero-order valence-corrected chi connectivity index (χ0v) is 10.0. The smallest absolute Gasteiger partial charge is 0.337 e. The Labute approximate surface area is 99.2 Å². The van der Waals surface area contributed by atoms with Crippen molar-refractivity contribution in [1.29, 1.82) is 0 Å². The molecule has 7 heteroatoms. The van der Waals surface area contributed by atoms with Crippen LogP contribution in [0.25, 0.3) is 0 Å².